The van der Waals surface area contributed by atoms with E-state index in [4.69, 9.17) is 10.8 Å². The quantitative estimate of drug-likeness (QED) is 0.492. The number of nitrogens with two attached hydrogens (primary N) is 1. The summed E-state index contributed by atoms with van der Waals surface area (Å²) in [6.07, 6.45) is 3.08. The van der Waals surface area contributed by atoms with Gasteiger partial charge in [-0.05, 0) is 23.8 Å². The predicted molar refractivity (Wildman–Crippen MR) is 60.0 cm³/mol. The van der Waals surface area contributed by atoms with Gasteiger partial charge in [-0.25, -0.2) is 0 Å². The number of aliphatic hydroxyl groups excluding tert-OH is 1. The smallest absolute Gasteiger partial charge is 0.244 e. The van der Waals surface area contributed by atoms with Gasteiger partial charge in [0.25, 0.3) is 0 Å². The van der Waals surface area contributed by atoms with Crippen LogP contribution in [-0.4, -0.2) is 24.2 Å². The number of benzene rings is 1. The van der Waals surface area contributed by atoms with Gasteiger partial charge in [0.2, 0.25) is 5.91 Å². The van der Waals surface area contributed by atoms with Crippen molar-refractivity contribution in [1.82, 2.24) is 5.32 Å². The Morgan fingerprint density at radius 1 is 1.53 bits per heavy atom. The van der Waals surface area contributed by atoms with Gasteiger partial charge in [-0.1, -0.05) is 12.1 Å². The van der Waals surface area contributed by atoms with Crippen LogP contribution in [0.4, 0.5) is 5.69 Å². The third-order valence-corrected chi connectivity index (χ3v) is 1.75. The summed E-state index contributed by atoms with van der Waals surface area (Å²) in [6, 6.07) is 7.23. The fourth-order valence-electron chi connectivity index (χ4n) is 1.07. The number of amides is 1. The molecule has 0 fully saturated rings. The number of nitrogens with one attached hydrogen (secondary N) is 1. The molecule has 4 heteroatoms. The maximum atomic E-state index is 11.1. The van der Waals surface area contributed by atoms with Crippen molar-refractivity contribution in [2.24, 2.45) is 0 Å². The molecular weight excluding hydrogens is 192 g/mol. The summed E-state index contributed by atoms with van der Waals surface area (Å²) in [4.78, 5) is 11.1. The van der Waals surface area contributed by atoms with Gasteiger partial charge >= 0.3 is 0 Å². The summed E-state index contributed by atoms with van der Waals surface area (Å²) >= 11 is 0. The number of aliphatic hydroxyl groups is 1. The van der Waals surface area contributed by atoms with Crippen LogP contribution >= 0.6 is 0 Å². The van der Waals surface area contributed by atoms with Crippen LogP contribution in [0.3, 0.4) is 0 Å². The van der Waals surface area contributed by atoms with Crippen molar-refractivity contribution in [3.05, 3.63) is 35.9 Å². The molecule has 0 radical (unpaired) electrons. The molecule has 0 spiro atoms. The van der Waals surface area contributed by atoms with E-state index in [-0.39, 0.29) is 19.1 Å². The first kappa shape index (κ1) is 11.3. The summed E-state index contributed by atoms with van der Waals surface area (Å²) in [7, 11) is 0. The Hall–Kier alpha value is -1.81. The maximum Gasteiger partial charge on any atom is 0.244 e. The van der Waals surface area contributed by atoms with Gasteiger partial charge in [0.1, 0.15) is 0 Å². The SMILES string of the molecule is Nc1cccc(/C=C/C(=O)NCCO)c1. The molecular formula is C11H14N2O2. The second kappa shape index (κ2) is 5.82. The van der Waals surface area contributed by atoms with Crippen molar-refractivity contribution in [1.29, 1.82) is 0 Å². The number of carbonyl (C=O) groups is 1. The van der Waals surface area contributed by atoms with E-state index in [2.05, 4.69) is 5.32 Å². The minimum absolute atomic E-state index is 0.0577. The van der Waals surface area contributed by atoms with Crippen molar-refractivity contribution >= 4 is 17.7 Å². The molecule has 1 aromatic carbocycles. The largest absolute Gasteiger partial charge is 0.399 e. The van der Waals surface area contributed by atoms with Gasteiger partial charge in [0.05, 0.1) is 6.61 Å². The van der Waals surface area contributed by atoms with Crippen LogP contribution in [0.5, 0.6) is 0 Å². The monoisotopic (exact) mass is 206 g/mol. The van der Waals surface area contributed by atoms with Crippen molar-refractivity contribution in [2.45, 2.75) is 0 Å². The molecule has 4 N–H and O–H groups in total. The molecule has 1 amide bonds. The zero-order valence-corrected chi connectivity index (χ0v) is 8.31. The van der Waals surface area contributed by atoms with Crippen molar-refractivity contribution < 1.29 is 9.90 Å². The van der Waals surface area contributed by atoms with E-state index in [1.54, 1.807) is 18.2 Å². The molecule has 4 nitrogen and oxygen atoms in total. The number of hydrogen-bond donors (Lipinski definition) is 3. The molecule has 0 aliphatic carbocycles. The summed E-state index contributed by atoms with van der Waals surface area (Å²) in [5.74, 6) is -0.230. The number of rotatable bonds is 4. The van der Waals surface area contributed by atoms with Crippen LogP contribution in [0.1, 0.15) is 5.56 Å². The normalized spacial score (nSPS) is 10.5. The number of carbonyl (C=O) groups excluding carboxylic acids is 1. The Kier molecular flexibility index (Phi) is 4.37. The fourth-order valence-corrected chi connectivity index (χ4v) is 1.07. The molecule has 1 aromatic rings. The molecule has 0 saturated heterocycles. The number of hydrogen-bond acceptors (Lipinski definition) is 3. The molecule has 0 aliphatic heterocycles. The van der Waals surface area contributed by atoms with E-state index in [1.807, 2.05) is 12.1 Å². The third-order valence-electron chi connectivity index (χ3n) is 1.75. The van der Waals surface area contributed by atoms with E-state index in [1.165, 1.54) is 6.08 Å². The first-order valence-corrected chi connectivity index (χ1v) is 4.64. The van der Waals surface area contributed by atoms with Crippen LogP contribution in [-0.2, 0) is 4.79 Å². The first-order valence-electron chi connectivity index (χ1n) is 4.64. The lowest BCUT2D eigenvalue weighted by atomic mass is 10.2. The Labute approximate surface area is 88.4 Å². The average molecular weight is 206 g/mol. The van der Waals surface area contributed by atoms with E-state index >= 15 is 0 Å². The lowest BCUT2D eigenvalue weighted by molar-refractivity contribution is -0.116. The molecule has 0 unspecified atom stereocenters. The van der Waals surface area contributed by atoms with Gasteiger partial charge in [-0.2, -0.15) is 0 Å². The highest BCUT2D eigenvalue weighted by Gasteiger charge is 1.93. The van der Waals surface area contributed by atoms with Crippen LogP contribution in [0, 0.1) is 0 Å². The molecule has 0 aromatic heterocycles. The molecule has 0 saturated carbocycles. The number of anilines is 1. The highest BCUT2D eigenvalue weighted by Crippen LogP contribution is 2.07. The van der Waals surface area contributed by atoms with Gasteiger partial charge < -0.3 is 16.2 Å². The highest BCUT2D eigenvalue weighted by atomic mass is 16.3. The van der Waals surface area contributed by atoms with Gasteiger partial charge in [0.15, 0.2) is 0 Å². The average Bonchev–Trinajstić information content (AvgIpc) is 2.23. The Balaban J connectivity index is 2.53. The van der Waals surface area contributed by atoms with Crippen molar-refractivity contribution in [3.63, 3.8) is 0 Å². The second-order valence-corrected chi connectivity index (χ2v) is 3.02. The zero-order valence-electron chi connectivity index (χ0n) is 8.31. The molecule has 80 valence electrons. The summed E-state index contributed by atoms with van der Waals surface area (Å²) in [5, 5.41) is 11.0. The molecule has 15 heavy (non-hydrogen) atoms. The van der Waals surface area contributed by atoms with E-state index < -0.39 is 0 Å². The Morgan fingerprint density at radius 2 is 2.33 bits per heavy atom. The highest BCUT2D eigenvalue weighted by molar-refractivity contribution is 5.91. The Morgan fingerprint density at radius 3 is 3.00 bits per heavy atom. The fraction of sp³-hybridized carbons (Fsp3) is 0.182. The lowest BCUT2D eigenvalue weighted by Gasteiger charge is -1.98. The van der Waals surface area contributed by atoms with Crippen molar-refractivity contribution in [2.75, 3.05) is 18.9 Å². The standard InChI is InChI=1S/C11H14N2O2/c12-10-3-1-2-9(8-10)4-5-11(15)13-6-7-14/h1-5,8,14H,6-7,12H2,(H,13,15)/b5-4+. The first-order chi connectivity index (χ1) is 7.22. The van der Waals surface area contributed by atoms with Crippen LogP contribution < -0.4 is 11.1 Å². The second-order valence-electron chi connectivity index (χ2n) is 3.02. The van der Waals surface area contributed by atoms with E-state index in [9.17, 15) is 4.79 Å². The zero-order chi connectivity index (χ0) is 11.1. The summed E-state index contributed by atoms with van der Waals surface area (Å²) < 4.78 is 0. The van der Waals surface area contributed by atoms with Crippen molar-refractivity contribution in [3.8, 4) is 0 Å². The molecule has 1 rings (SSSR count). The third kappa shape index (κ3) is 4.28. The van der Waals surface area contributed by atoms with Gasteiger partial charge in [-0.3, -0.25) is 4.79 Å². The maximum absolute atomic E-state index is 11.1. The molecule has 0 heterocycles. The lowest BCUT2D eigenvalue weighted by Crippen LogP contribution is -2.24. The van der Waals surface area contributed by atoms with Crippen LogP contribution in [0.25, 0.3) is 6.08 Å². The molecule has 0 bridgehead atoms. The minimum atomic E-state index is -0.230. The van der Waals surface area contributed by atoms with E-state index in [0.29, 0.717) is 5.69 Å². The van der Waals surface area contributed by atoms with Gasteiger partial charge in [0, 0.05) is 18.3 Å². The predicted octanol–water partition coefficient (Wildman–Crippen LogP) is 0.390. The Bertz CT molecular complexity index is 361. The van der Waals surface area contributed by atoms with E-state index in [0.717, 1.165) is 5.56 Å². The minimum Gasteiger partial charge on any atom is -0.399 e. The number of nitrogen functional groups attached to an aromatic ring is 1. The van der Waals surface area contributed by atoms with Crippen LogP contribution in [0.2, 0.25) is 0 Å². The summed E-state index contributed by atoms with van der Waals surface area (Å²) in [5.41, 5.74) is 7.11. The molecule has 0 atom stereocenters. The van der Waals surface area contributed by atoms with Gasteiger partial charge in [-0.15, -0.1) is 0 Å². The van der Waals surface area contributed by atoms with Crippen LogP contribution in [0.15, 0.2) is 30.3 Å². The molecule has 0 aliphatic rings. The topological polar surface area (TPSA) is 75.4 Å². The summed E-state index contributed by atoms with van der Waals surface area (Å²) in [6.45, 7) is 0.206.